The van der Waals surface area contributed by atoms with E-state index in [1.54, 1.807) is 12.1 Å². The van der Waals surface area contributed by atoms with Gasteiger partial charge in [0, 0.05) is 0 Å². The summed E-state index contributed by atoms with van der Waals surface area (Å²) in [5.74, 6) is 0.754. The number of carbonyl (C=O) groups excluding carboxylic acids is 1. The van der Waals surface area contributed by atoms with E-state index in [2.05, 4.69) is 25.3 Å². The van der Waals surface area contributed by atoms with Crippen molar-refractivity contribution in [1.82, 2.24) is 19.9 Å². The monoisotopic (exact) mass is 299 g/mol. The van der Waals surface area contributed by atoms with Crippen LogP contribution in [-0.2, 0) is 0 Å². The summed E-state index contributed by atoms with van der Waals surface area (Å²) in [7, 11) is 0. The molecule has 3 aromatic rings. The van der Waals surface area contributed by atoms with E-state index in [9.17, 15) is 4.79 Å². The Morgan fingerprint density at radius 1 is 1.14 bits per heavy atom. The summed E-state index contributed by atoms with van der Waals surface area (Å²) in [6.45, 7) is 0. The number of rotatable bonds is 4. The predicted octanol–water partition coefficient (Wildman–Crippen LogP) is 2.37. The summed E-state index contributed by atoms with van der Waals surface area (Å²) in [6.07, 6.45) is 7.29. The third kappa shape index (κ3) is 3.37. The second-order valence-electron chi connectivity index (χ2n) is 3.85. The van der Waals surface area contributed by atoms with E-state index in [1.807, 2.05) is 5.38 Å². The first-order valence-corrected chi connectivity index (χ1v) is 6.79. The van der Waals surface area contributed by atoms with Crippen LogP contribution in [0.4, 0.5) is 5.82 Å². The zero-order valence-electron chi connectivity index (χ0n) is 10.6. The first-order valence-electron chi connectivity index (χ1n) is 5.91. The van der Waals surface area contributed by atoms with Gasteiger partial charge in [0.15, 0.2) is 11.6 Å². The van der Waals surface area contributed by atoms with Gasteiger partial charge in [0.05, 0.1) is 29.7 Å². The van der Waals surface area contributed by atoms with E-state index in [0.717, 1.165) is 0 Å². The number of aromatic nitrogens is 4. The van der Waals surface area contributed by atoms with Gasteiger partial charge in [-0.3, -0.25) is 9.78 Å². The SMILES string of the molecule is O=C(Nc1cncc(Oc2cncnc2)n1)c1cccs1. The average molecular weight is 299 g/mol. The first kappa shape index (κ1) is 13.1. The van der Waals surface area contributed by atoms with E-state index in [0.29, 0.717) is 16.4 Å². The summed E-state index contributed by atoms with van der Waals surface area (Å²) in [5, 5.41) is 4.49. The molecule has 0 aliphatic rings. The van der Waals surface area contributed by atoms with Crippen LogP contribution in [0.5, 0.6) is 11.6 Å². The van der Waals surface area contributed by atoms with E-state index in [1.165, 1.54) is 42.5 Å². The fourth-order valence-corrected chi connectivity index (χ4v) is 2.12. The maximum atomic E-state index is 11.9. The molecule has 21 heavy (non-hydrogen) atoms. The number of thiophene rings is 1. The van der Waals surface area contributed by atoms with Crippen molar-refractivity contribution in [1.29, 1.82) is 0 Å². The second-order valence-corrected chi connectivity index (χ2v) is 4.80. The van der Waals surface area contributed by atoms with Crippen molar-refractivity contribution in [3.05, 3.63) is 53.5 Å². The van der Waals surface area contributed by atoms with Crippen LogP contribution >= 0.6 is 11.3 Å². The summed E-state index contributed by atoms with van der Waals surface area (Å²) in [4.78, 5) is 28.3. The lowest BCUT2D eigenvalue weighted by molar-refractivity contribution is 0.103. The molecule has 8 heteroatoms. The minimum Gasteiger partial charge on any atom is -0.434 e. The van der Waals surface area contributed by atoms with Gasteiger partial charge in [-0.05, 0) is 11.4 Å². The van der Waals surface area contributed by atoms with Crippen LogP contribution in [0.15, 0.2) is 48.6 Å². The number of anilines is 1. The average Bonchev–Trinajstić information content (AvgIpc) is 3.03. The molecule has 0 aliphatic heterocycles. The highest BCUT2D eigenvalue weighted by Gasteiger charge is 2.09. The van der Waals surface area contributed by atoms with Crippen molar-refractivity contribution in [3.8, 4) is 11.6 Å². The lowest BCUT2D eigenvalue weighted by Gasteiger charge is -2.06. The molecule has 0 fully saturated rings. The third-order valence-corrected chi connectivity index (χ3v) is 3.23. The molecule has 3 aromatic heterocycles. The number of amides is 1. The number of nitrogens with one attached hydrogen (secondary N) is 1. The smallest absolute Gasteiger partial charge is 0.266 e. The minimum atomic E-state index is -0.237. The molecule has 3 rings (SSSR count). The Balaban J connectivity index is 1.73. The molecule has 0 atom stereocenters. The molecule has 0 radical (unpaired) electrons. The summed E-state index contributed by atoms with van der Waals surface area (Å²) in [5.41, 5.74) is 0. The van der Waals surface area contributed by atoms with Gasteiger partial charge in [0.2, 0.25) is 5.88 Å². The van der Waals surface area contributed by atoms with Crippen LogP contribution < -0.4 is 10.1 Å². The van der Waals surface area contributed by atoms with E-state index in [-0.39, 0.29) is 11.8 Å². The minimum absolute atomic E-state index is 0.237. The van der Waals surface area contributed by atoms with Gasteiger partial charge < -0.3 is 10.1 Å². The standard InChI is InChI=1S/C13H9N5O2S/c19-13(10-2-1-3-21-10)18-11-6-14-7-12(17-11)20-9-4-15-8-16-5-9/h1-8H,(H,17,18,19). The molecule has 104 valence electrons. The second kappa shape index (κ2) is 6.06. The number of nitrogens with zero attached hydrogens (tertiary/aromatic N) is 4. The lowest BCUT2D eigenvalue weighted by atomic mass is 10.4. The van der Waals surface area contributed by atoms with E-state index in [4.69, 9.17) is 4.74 Å². The highest BCUT2D eigenvalue weighted by molar-refractivity contribution is 7.12. The summed E-state index contributed by atoms with van der Waals surface area (Å²) < 4.78 is 5.44. The summed E-state index contributed by atoms with van der Waals surface area (Å²) >= 11 is 1.35. The molecule has 0 bridgehead atoms. The molecule has 3 heterocycles. The maximum absolute atomic E-state index is 11.9. The largest absolute Gasteiger partial charge is 0.434 e. The van der Waals surface area contributed by atoms with Crippen LogP contribution in [0.1, 0.15) is 9.67 Å². The molecule has 0 spiro atoms. The van der Waals surface area contributed by atoms with Gasteiger partial charge in [0.1, 0.15) is 6.33 Å². The zero-order valence-corrected chi connectivity index (χ0v) is 11.4. The van der Waals surface area contributed by atoms with Crippen LogP contribution in [0.25, 0.3) is 0 Å². The Morgan fingerprint density at radius 3 is 2.76 bits per heavy atom. The predicted molar refractivity (Wildman–Crippen MR) is 76.4 cm³/mol. The molecule has 0 unspecified atom stereocenters. The Hall–Kier alpha value is -2.87. The van der Waals surface area contributed by atoms with Crippen LogP contribution in [0.3, 0.4) is 0 Å². The number of hydrogen-bond acceptors (Lipinski definition) is 7. The lowest BCUT2D eigenvalue weighted by Crippen LogP contribution is -2.11. The Kier molecular flexibility index (Phi) is 3.79. The fourth-order valence-electron chi connectivity index (χ4n) is 1.50. The van der Waals surface area contributed by atoms with Crippen molar-refractivity contribution in [2.75, 3.05) is 5.32 Å². The highest BCUT2D eigenvalue weighted by atomic mass is 32.1. The van der Waals surface area contributed by atoms with Crippen LogP contribution in [-0.4, -0.2) is 25.8 Å². The highest BCUT2D eigenvalue weighted by Crippen LogP contribution is 2.18. The fraction of sp³-hybridized carbons (Fsp3) is 0. The summed E-state index contributed by atoms with van der Waals surface area (Å²) in [6, 6.07) is 3.54. The Morgan fingerprint density at radius 2 is 2.00 bits per heavy atom. The van der Waals surface area contributed by atoms with Gasteiger partial charge in [-0.2, -0.15) is 4.98 Å². The third-order valence-electron chi connectivity index (χ3n) is 2.36. The van der Waals surface area contributed by atoms with Gasteiger partial charge in [-0.1, -0.05) is 6.07 Å². The van der Waals surface area contributed by atoms with Gasteiger partial charge in [0.25, 0.3) is 5.91 Å². The van der Waals surface area contributed by atoms with Crippen molar-refractivity contribution in [3.63, 3.8) is 0 Å². The normalized spacial score (nSPS) is 10.1. The zero-order chi connectivity index (χ0) is 14.5. The number of hydrogen-bond donors (Lipinski definition) is 1. The van der Waals surface area contributed by atoms with Crippen molar-refractivity contribution < 1.29 is 9.53 Å². The van der Waals surface area contributed by atoms with Gasteiger partial charge in [-0.15, -0.1) is 11.3 Å². The first-order chi connectivity index (χ1) is 10.3. The number of ether oxygens (including phenoxy) is 1. The van der Waals surface area contributed by atoms with Crippen LogP contribution in [0.2, 0.25) is 0 Å². The molecular formula is C13H9N5O2S. The molecule has 0 saturated carbocycles. The van der Waals surface area contributed by atoms with E-state index < -0.39 is 0 Å². The molecule has 7 nitrogen and oxygen atoms in total. The topological polar surface area (TPSA) is 89.9 Å². The molecule has 0 aliphatic carbocycles. The molecule has 1 N–H and O–H groups in total. The quantitative estimate of drug-likeness (QED) is 0.795. The molecule has 0 saturated heterocycles. The Labute approximate surface area is 123 Å². The van der Waals surface area contributed by atoms with Crippen LogP contribution in [0, 0.1) is 0 Å². The van der Waals surface area contributed by atoms with Gasteiger partial charge in [-0.25, -0.2) is 9.97 Å². The van der Waals surface area contributed by atoms with E-state index >= 15 is 0 Å². The maximum Gasteiger partial charge on any atom is 0.266 e. The number of carbonyl (C=O) groups is 1. The molecule has 1 amide bonds. The molecule has 0 aromatic carbocycles. The van der Waals surface area contributed by atoms with Crippen molar-refractivity contribution >= 4 is 23.1 Å². The molecular weight excluding hydrogens is 290 g/mol. The van der Waals surface area contributed by atoms with Crippen molar-refractivity contribution in [2.45, 2.75) is 0 Å². The van der Waals surface area contributed by atoms with Crippen molar-refractivity contribution in [2.24, 2.45) is 0 Å². The van der Waals surface area contributed by atoms with Gasteiger partial charge >= 0.3 is 0 Å². The Bertz CT molecular complexity index is 733.